The highest BCUT2D eigenvalue weighted by Crippen LogP contribution is 2.40. The molecule has 0 amide bonds. The predicted molar refractivity (Wildman–Crippen MR) is 116 cm³/mol. The molecule has 144 valence electrons. The van der Waals surface area contributed by atoms with E-state index in [0.717, 1.165) is 26.4 Å². The van der Waals surface area contributed by atoms with Gasteiger partial charge in [-0.05, 0) is 56.3 Å². The molecule has 0 radical (unpaired) electrons. The van der Waals surface area contributed by atoms with Gasteiger partial charge in [0.25, 0.3) is 0 Å². The van der Waals surface area contributed by atoms with Crippen molar-refractivity contribution in [1.82, 2.24) is 4.57 Å². The molecule has 3 rings (SSSR count). The highest BCUT2D eigenvalue weighted by atomic mass is 35.5. The van der Waals surface area contributed by atoms with E-state index in [9.17, 15) is 9.90 Å². The van der Waals surface area contributed by atoms with Gasteiger partial charge in [0.05, 0.1) is 11.1 Å². The number of hydrogen-bond acceptors (Lipinski definition) is 4. The molecule has 0 bridgehead atoms. The monoisotopic (exact) mass is 413 g/mol. The van der Waals surface area contributed by atoms with Crippen molar-refractivity contribution in [2.75, 3.05) is 0 Å². The van der Waals surface area contributed by atoms with E-state index in [1.54, 1.807) is 37.3 Å². The molecule has 0 saturated carbocycles. The summed E-state index contributed by atoms with van der Waals surface area (Å²) >= 11 is 7.72. The lowest BCUT2D eigenvalue weighted by Crippen LogP contribution is -2.07. The highest BCUT2D eigenvalue weighted by Gasteiger charge is 2.17. The molecule has 0 unspecified atom stereocenters. The Hall–Kier alpha value is -2.83. The van der Waals surface area contributed by atoms with E-state index in [1.807, 2.05) is 35.8 Å². The van der Waals surface area contributed by atoms with Crippen LogP contribution in [0.1, 0.15) is 23.0 Å². The van der Waals surface area contributed by atoms with E-state index >= 15 is 0 Å². The quantitative estimate of drug-likeness (QED) is 0.507. The summed E-state index contributed by atoms with van der Waals surface area (Å²) in [4.78, 5) is 13.1. The van der Waals surface area contributed by atoms with Crippen LogP contribution in [0.3, 0.4) is 0 Å². The second kappa shape index (κ2) is 8.04. The van der Waals surface area contributed by atoms with Crippen LogP contribution in [-0.2, 0) is 0 Å². The number of benzene rings is 2. The number of carboxylic acids is 1. The first-order valence-electron chi connectivity index (χ1n) is 8.49. The molecule has 2 aromatic carbocycles. The number of carbonyl (C=O) groups is 1. The molecule has 0 aliphatic carbocycles. The van der Waals surface area contributed by atoms with Gasteiger partial charge in [0.2, 0.25) is 0 Å². The first kappa shape index (κ1) is 19.9. The molecule has 0 aliphatic rings. The molecular formula is C21H20ClN3O2S. The molecule has 0 atom stereocenters. The van der Waals surface area contributed by atoms with Crippen molar-refractivity contribution in [1.29, 1.82) is 0 Å². The second-order valence-electron chi connectivity index (χ2n) is 6.35. The Labute approximate surface area is 172 Å². The smallest absolute Gasteiger partial charge is 0.335 e. The molecule has 3 aromatic rings. The van der Waals surface area contributed by atoms with Crippen LogP contribution in [0.5, 0.6) is 0 Å². The van der Waals surface area contributed by atoms with E-state index in [1.165, 1.54) is 11.8 Å². The number of nitrogens with two attached hydrogens (primary N) is 2. The molecule has 0 aliphatic heterocycles. The largest absolute Gasteiger partial charge is 0.478 e. The molecule has 1 heterocycles. The summed E-state index contributed by atoms with van der Waals surface area (Å²) in [5.74, 6) is -0.440. The maximum atomic E-state index is 11.3. The minimum atomic E-state index is -0.954. The summed E-state index contributed by atoms with van der Waals surface area (Å²) in [7, 11) is 0. The van der Waals surface area contributed by atoms with E-state index in [2.05, 4.69) is 0 Å². The zero-order valence-electron chi connectivity index (χ0n) is 15.4. The third-order valence-electron chi connectivity index (χ3n) is 4.19. The standard InChI is InChI=1S/C21H20ClN3O2S/c1-12(23)6-9-19(24)25-13(2)20(17-8-7-15(22)11-18(17)25)28-16-5-3-4-14(10-16)21(26)27/h3-11H,23-24H2,1-2H3,(H,26,27)/b12-6-,19-9+. The number of aromatic carboxylic acids is 1. The average Bonchev–Trinajstić information content (AvgIpc) is 2.91. The minimum Gasteiger partial charge on any atom is -0.478 e. The minimum absolute atomic E-state index is 0.248. The molecule has 0 spiro atoms. The topological polar surface area (TPSA) is 94.3 Å². The molecule has 1 aromatic heterocycles. The number of carboxylic acid groups (broad SMARTS) is 1. The maximum Gasteiger partial charge on any atom is 0.335 e. The van der Waals surface area contributed by atoms with E-state index in [-0.39, 0.29) is 5.56 Å². The number of nitrogens with zero attached hydrogens (tertiary/aromatic N) is 1. The molecule has 5 N–H and O–H groups in total. The van der Waals surface area contributed by atoms with Crippen molar-refractivity contribution >= 4 is 46.1 Å². The van der Waals surface area contributed by atoms with Crippen LogP contribution >= 0.6 is 23.4 Å². The van der Waals surface area contributed by atoms with Crippen LogP contribution in [0.2, 0.25) is 5.02 Å². The van der Waals surface area contributed by atoms with Crippen molar-refractivity contribution in [3.63, 3.8) is 0 Å². The van der Waals surface area contributed by atoms with Gasteiger partial charge < -0.3 is 16.6 Å². The normalized spacial score (nSPS) is 12.5. The van der Waals surface area contributed by atoms with Gasteiger partial charge in [-0.3, -0.25) is 4.57 Å². The van der Waals surface area contributed by atoms with Gasteiger partial charge in [-0.25, -0.2) is 4.79 Å². The van der Waals surface area contributed by atoms with E-state index in [0.29, 0.717) is 16.5 Å². The Bertz CT molecular complexity index is 1130. The van der Waals surface area contributed by atoms with Crippen molar-refractivity contribution in [2.24, 2.45) is 11.5 Å². The lowest BCUT2D eigenvalue weighted by molar-refractivity contribution is 0.0696. The number of hydrogen-bond donors (Lipinski definition) is 3. The Balaban J connectivity index is 2.17. The Kier molecular flexibility index (Phi) is 5.72. The summed E-state index contributed by atoms with van der Waals surface area (Å²) in [6.07, 6.45) is 3.50. The van der Waals surface area contributed by atoms with Crippen LogP contribution in [-0.4, -0.2) is 15.6 Å². The van der Waals surface area contributed by atoms with Gasteiger partial charge in [0.15, 0.2) is 0 Å². The van der Waals surface area contributed by atoms with E-state index < -0.39 is 5.97 Å². The molecule has 28 heavy (non-hydrogen) atoms. The zero-order valence-corrected chi connectivity index (χ0v) is 17.0. The lowest BCUT2D eigenvalue weighted by atomic mass is 10.2. The van der Waals surface area contributed by atoms with Gasteiger partial charge in [-0.1, -0.05) is 35.5 Å². The number of allylic oxidation sites excluding steroid dienone is 3. The van der Waals surface area contributed by atoms with Gasteiger partial charge in [-0.2, -0.15) is 0 Å². The number of aromatic nitrogens is 1. The molecule has 0 fully saturated rings. The zero-order chi connectivity index (χ0) is 20.4. The predicted octanol–water partition coefficient (Wildman–Crippen LogP) is 5.07. The first-order chi connectivity index (χ1) is 13.3. The van der Waals surface area contributed by atoms with Crippen molar-refractivity contribution < 1.29 is 9.90 Å². The van der Waals surface area contributed by atoms with Crippen LogP contribution in [0.25, 0.3) is 16.7 Å². The Morgan fingerprint density at radius 1 is 1.18 bits per heavy atom. The summed E-state index contributed by atoms with van der Waals surface area (Å²) in [5, 5.41) is 10.8. The second-order valence-corrected chi connectivity index (χ2v) is 7.87. The molecule has 7 heteroatoms. The lowest BCUT2D eigenvalue weighted by Gasteiger charge is -2.09. The number of rotatable bonds is 5. The molecule has 0 saturated heterocycles. The van der Waals surface area contributed by atoms with Gasteiger partial charge in [0, 0.05) is 31.6 Å². The average molecular weight is 414 g/mol. The van der Waals surface area contributed by atoms with Crippen molar-refractivity contribution in [2.45, 2.75) is 23.6 Å². The Morgan fingerprint density at radius 2 is 1.93 bits per heavy atom. The first-order valence-corrected chi connectivity index (χ1v) is 9.69. The van der Waals surface area contributed by atoms with Gasteiger partial charge in [0.1, 0.15) is 5.82 Å². The van der Waals surface area contributed by atoms with Crippen molar-refractivity contribution in [3.05, 3.63) is 76.6 Å². The van der Waals surface area contributed by atoms with Crippen LogP contribution in [0.15, 0.2) is 70.1 Å². The molecular weight excluding hydrogens is 394 g/mol. The number of fused-ring (bicyclic) bond motifs is 1. The number of halogens is 1. The fourth-order valence-corrected chi connectivity index (χ4v) is 4.18. The fraction of sp³-hybridized carbons (Fsp3) is 0.0952. The highest BCUT2D eigenvalue weighted by molar-refractivity contribution is 7.99. The summed E-state index contributed by atoms with van der Waals surface area (Å²) in [6, 6.07) is 12.5. The van der Waals surface area contributed by atoms with E-state index in [4.69, 9.17) is 23.1 Å². The van der Waals surface area contributed by atoms with Crippen LogP contribution in [0, 0.1) is 6.92 Å². The third-order valence-corrected chi connectivity index (χ3v) is 5.63. The third kappa shape index (κ3) is 4.03. The fourth-order valence-electron chi connectivity index (χ4n) is 2.92. The van der Waals surface area contributed by atoms with Gasteiger partial charge in [-0.15, -0.1) is 0 Å². The maximum absolute atomic E-state index is 11.3. The summed E-state index contributed by atoms with van der Waals surface area (Å²) in [5.41, 5.74) is 14.7. The van der Waals surface area contributed by atoms with Gasteiger partial charge >= 0.3 is 5.97 Å². The van der Waals surface area contributed by atoms with Crippen molar-refractivity contribution in [3.8, 4) is 0 Å². The Morgan fingerprint density at radius 3 is 2.61 bits per heavy atom. The van der Waals surface area contributed by atoms with Crippen LogP contribution in [0.4, 0.5) is 0 Å². The van der Waals surface area contributed by atoms with Crippen LogP contribution < -0.4 is 11.5 Å². The summed E-state index contributed by atoms with van der Waals surface area (Å²) in [6.45, 7) is 3.76. The molecule has 5 nitrogen and oxygen atoms in total. The SMILES string of the molecule is C/C(N)=C/C=C(\N)n1c(C)c(Sc2cccc(C(=O)O)c2)c2ccc(Cl)cc21. The summed E-state index contributed by atoms with van der Waals surface area (Å²) < 4.78 is 1.92.